The number of carbonyl (C=O) groups is 3. The summed E-state index contributed by atoms with van der Waals surface area (Å²) in [4.78, 5) is 45.7. The summed E-state index contributed by atoms with van der Waals surface area (Å²) in [6.07, 6.45) is 0. The van der Waals surface area contributed by atoms with Gasteiger partial charge < -0.3 is 20.3 Å². The largest absolute Gasteiger partial charge is 0.465 e. The second-order valence-corrected chi connectivity index (χ2v) is 9.42. The van der Waals surface area contributed by atoms with E-state index >= 15 is 0 Å². The number of anilines is 2. The lowest BCUT2D eigenvalue weighted by Crippen LogP contribution is -2.30. The maximum atomic E-state index is 13.2. The Morgan fingerprint density at radius 3 is 2.36 bits per heavy atom. The van der Waals surface area contributed by atoms with Crippen LogP contribution in [0, 0.1) is 6.92 Å². The van der Waals surface area contributed by atoms with Crippen LogP contribution in [0.1, 0.15) is 37.4 Å². The number of ether oxygens (including phenoxy) is 1. The van der Waals surface area contributed by atoms with Gasteiger partial charge in [-0.05, 0) is 62.5 Å². The average Bonchev–Trinajstić information content (AvgIpc) is 3.25. The van der Waals surface area contributed by atoms with E-state index in [-0.39, 0.29) is 11.8 Å². The van der Waals surface area contributed by atoms with Gasteiger partial charge >= 0.3 is 5.97 Å². The topological polar surface area (TPSA) is 100 Å². The quantitative estimate of drug-likeness (QED) is 0.243. The molecule has 0 spiro atoms. The van der Waals surface area contributed by atoms with E-state index in [0.717, 1.165) is 11.1 Å². The molecule has 0 saturated heterocycles. The lowest BCUT2D eigenvalue weighted by molar-refractivity contribution is -0.110. The number of hydrogen-bond acceptors (Lipinski definition) is 7. The first kappa shape index (κ1) is 27.6. The van der Waals surface area contributed by atoms with E-state index in [9.17, 15) is 14.4 Å². The monoisotopic (exact) mass is 528 g/mol. The van der Waals surface area contributed by atoms with Gasteiger partial charge in [-0.2, -0.15) is 0 Å². The maximum absolute atomic E-state index is 13.2. The fourth-order valence-electron chi connectivity index (χ4n) is 4.26. The average molecular weight is 529 g/mol. The van der Waals surface area contributed by atoms with Crippen molar-refractivity contribution in [2.75, 3.05) is 52.0 Å². The first-order chi connectivity index (χ1) is 18.7. The van der Waals surface area contributed by atoms with E-state index in [2.05, 4.69) is 10.6 Å². The molecule has 0 unspecified atom stereocenters. The molecular formula is C30H32N4O5. The Kier molecular flexibility index (Phi) is 8.43. The highest BCUT2D eigenvalue weighted by Gasteiger charge is 2.29. The number of amides is 2. The normalized spacial score (nSPS) is 13.5. The number of nitrogens with zero attached hydrogens (tertiary/aromatic N) is 2. The molecule has 0 saturated carbocycles. The van der Waals surface area contributed by atoms with Gasteiger partial charge in [-0.15, -0.1) is 0 Å². The van der Waals surface area contributed by atoms with Crippen LogP contribution >= 0.6 is 0 Å². The van der Waals surface area contributed by atoms with Gasteiger partial charge in [0.05, 0.1) is 36.2 Å². The number of fused-ring (bicyclic) bond motifs is 1. The van der Waals surface area contributed by atoms with E-state index < -0.39 is 5.97 Å². The van der Waals surface area contributed by atoms with Gasteiger partial charge in [0.15, 0.2) is 0 Å². The van der Waals surface area contributed by atoms with E-state index in [1.165, 1.54) is 12.2 Å². The molecule has 4 rings (SSSR count). The number of carbonyl (C=O) groups excluding carboxylic acids is 3. The molecule has 0 aliphatic carbocycles. The van der Waals surface area contributed by atoms with E-state index in [1.54, 1.807) is 37.4 Å². The lowest BCUT2D eigenvalue weighted by Gasteiger charge is -2.20. The summed E-state index contributed by atoms with van der Waals surface area (Å²) >= 11 is 0. The Balaban J connectivity index is 1.67. The Bertz CT molecular complexity index is 1430. The van der Waals surface area contributed by atoms with E-state index in [4.69, 9.17) is 9.57 Å². The van der Waals surface area contributed by atoms with Crippen LogP contribution in [0.25, 0.3) is 11.3 Å². The Morgan fingerprint density at radius 1 is 0.949 bits per heavy atom. The molecule has 0 radical (unpaired) electrons. The van der Waals surface area contributed by atoms with Gasteiger partial charge in [0.1, 0.15) is 0 Å². The molecule has 0 atom stereocenters. The highest BCUT2D eigenvalue weighted by atomic mass is 16.7. The van der Waals surface area contributed by atoms with Crippen molar-refractivity contribution in [1.82, 2.24) is 9.96 Å². The Labute approximate surface area is 228 Å². The number of benzene rings is 3. The molecule has 0 fully saturated rings. The molecular weight excluding hydrogens is 496 g/mol. The van der Waals surface area contributed by atoms with Crippen molar-refractivity contribution in [3.8, 4) is 0 Å². The van der Waals surface area contributed by atoms with Crippen LogP contribution in [0.15, 0.2) is 66.7 Å². The van der Waals surface area contributed by atoms with E-state index in [0.29, 0.717) is 52.5 Å². The highest BCUT2D eigenvalue weighted by Crippen LogP contribution is 2.38. The minimum atomic E-state index is -0.482. The van der Waals surface area contributed by atoms with Gasteiger partial charge in [0, 0.05) is 30.4 Å². The summed E-state index contributed by atoms with van der Waals surface area (Å²) in [5.41, 5.74) is 5.36. The number of nitrogens with one attached hydrogen (secondary N) is 2. The zero-order valence-corrected chi connectivity index (χ0v) is 22.7. The number of hydroxylamine groups is 2. The number of methoxy groups -OCH3 is 1. The maximum Gasteiger partial charge on any atom is 0.337 e. The molecule has 202 valence electrons. The standard InChI is InChI=1S/C30H32N4O5/c1-19-17-22(12-14-23(19)29(36)34(4)39-16-15-33(2)3)31-27(20-9-7-6-8-10-20)26-24-13-11-21(30(37)38-5)18-25(24)32-28(26)35/h6-14,17-18,31H,15-16H2,1-5H3,(H,32,35)/b27-26-. The number of rotatable bonds is 9. The summed E-state index contributed by atoms with van der Waals surface area (Å²) in [6, 6.07) is 19.9. The molecule has 2 N–H and O–H groups in total. The number of likely N-dealkylation sites (N-methyl/N-ethyl adjacent to an activating group) is 1. The van der Waals surface area contributed by atoms with Crippen LogP contribution in [-0.2, 0) is 14.4 Å². The molecule has 1 heterocycles. The molecule has 3 aromatic rings. The minimum absolute atomic E-state index is 0.245. The fraction of sp³-hybridized carbons (Fsp3) is 0.233. The minimum Gasteiger partial charge on any atom is -0.465 e. The molecule has 9 nitrogen and oxygen atoms in total. The third kappa shape index (κ3) is 6.17. The second-order valence-electron chi connectivity index (χ2n) is 9.42. The number of esters is 1. The second kappa shape index (κ2) is 11.9. The first-order valence-electron chi connectivity index (χ1n) is 12.5. The van der Waals surface area contributed by atoms with Crippen molar-refractivity contribution in [2.24, 2.45) is 0 Å². The van der Waals surface area contributed by atoms with Crippen molar-refractivity contribution in [3.63, 3.8) is 0 Å². The van der Waals surface area contributed by atoms with Crippen LogP contribution in [0.2, 0.25) is 0 Å². The summed E-state index contributed by atoms with van der Waals surface area (Å²) in [5.74, 6) is -1.02. The molecule has 0 aromatic heterocycles. The summed E-state index contributed by atoms with van der Waals surface area (Å²) in [6.45, 7) is 2.94. The Morgan fingerprint density at radius 2 is 1.69 bits per heavy atom. The van der Waals surface area contributed by atoms with Gasteiger partial charge in [-0.25, -0.2) is 9.86 Å². The van der Waals surface area contributed by atoms with Gasteiger partial charge in [0.25, 0.3) is 11.8 Å². The lowest BCUT2D eigenvalue weighted by atomic mass is 9.98. The first-order valence-corrected chi connectivity index (χ1v) is 12.5. The molecule has 1 aliphatic heterocycles. The van der Waals surface area contributed by atoms with Crippen LogP contribution in [0.5, 0.6) is 0 Å². The molecule has 0 bridgehead atoms. The molecule has 9 heteroatoms. The predicted octanol–water partition coefficient (Wildman–Crippen LogP) is 4.28. The van der Waals surface area contributed by atoms with Gasteiger partial charge in [-0.1, -0.05) is 36.4 Å². The number of hydrogen-bond donors (Lipinski definition) is 2. The van der Waals surface area contributed by atoms with E-state index in [1.807, 2.05) is 62.3 Å². The SMILES string of the molecule is COC(=O)c1ccc2c(c1)NC(=O)/C2=C(\Nc1ccc(C(=O)N(C)OCCN(C)C)c(C)c1)c1ccccc1. The zero-order chi connectivity index (χ0) is 28.1. The van der Waals surface area contributed by atoms with Crippen molar-refractivity contribution < 1.29 is 24.0 Å². The molecule has 2 amide bonds. The summed E-state index contributed by atoms with van der Waals surface area (Å²) in [7, 11) is 6.79. The smallest absolute Gasteiger partial charge is 0.337 e. The summed E-state index contributed by atoms with van der Waals surface area (Å²) < 4.78 is 4.81. The molecule has 3 aromatic carbocycles. The van der Waals surface area contributed by atoms with Crippen molar-refractivity contribution in [2.45, 2.75) is 6.92 Å². The third-order valence-corrected chi connectivity index (χ3v) is 6.33. The van der Waals surface area contributed by atoms with Gasteiger partial charge in [-0.3, -0.25) is 14.4 Å². The molecule has 1 aliphatic rings. The Hall–Kier alpha value is -4.47. The fourth-order valence-corrected chi connectivity index (χ4v) is 4.26. The van der Waals surface area contributed by atoms with Crippen LogP contribution in [0.3, 0.4) is 0 Å². The third-order valence-electron chi connectivity index (χ3n) is 6.33. The van der Waals surface area contributed by atoms with Crippen molar-refractivity contribution in [3.05, 3.63) is 94.5 Å². The highest BCUT2D eigenvalue weighted by molar-refractivity contribution is 6.37. The number of aryl methyl sites for hydroxylation is 1. The molecule has 39 heavy (non-hydrogen) atoms. The zero-order valence-electron chi connectivity index (χ0n) is 22.7. The predicted molar refractivity (Wildman–Crippen MR) is 151 cm³/mol. The van der Waals surface area contributed by atoms with Crippen molar-refractivity contribution in [1.29, 1.82) is 0 Å². The van der Waals surface area contributed by atoms with Crippen LogP contribution in [0.4, 0.5) is 11.4 Å². The summed E-state index contributed by atoms with van der Waals surface area (Å²) in [5, 5.41) is 7.52. The van der Waals surface area contributed by atoms with Crippen LogP contribution < -0.4 is 10.6 Å². The van der Waals surface area contributed by atoms with Crippen LogP contribution in [-0.4, -0.2) is 69.2 Å². The van der Waals surface area contributed by atoms with Gasteiger partial charge in [0.2, 0.25) is 0 Å². The van der Waals surface area contributed by atoms with Crippen molar-refractivity contribution >= 4 is 40.4 Å².